The molecule has 0 bridgehead atoms. The molecule has 0 saturated carbocycles. The van der Waals surface area contributed by atoms with Crippen molar-refractivity contribution in [2.75, 3.05) is 6.61 Å². The van der Waals surface area contributed by atoms with Gasteiger partial charge >= 0.3 is 5.97 Å². The molecule has 0 saturated heterocycles. The van der Waals surface area contributed by atoms with Gasteiger partial charge in [0.25, 0.3) is 0 Å². The first kappa shape index (κ1) is 13.8. The highest BCUT2D eigenvalue weighted by Gasteiger charge is 2.12. The molecule has 2 rings (SSSR count). The van der Waals surface area contributed by atoms with Gasteiger partial charge in [-0.25, -0.2) is 9.48 Å². The van der Waals surface area contributed by atoms with Crippen LogP contribution < -0.4 is 0 Å². The Kier molecular flexibility index (Phi) is 4.34. The molecule has 0 atom stereocenters. The van der Waals surface area contributed by atoms with Crippen molar-refractivity contribution in [3.8, 4) is 5.69 Å². The first-order valence-corrected chi connectivity index (χ1v) is 6.56. The fourth-order valence-corrected chi connectivity index (χ4v) is 2.09. The average Bonchev–Trinajstić information content (AvgIpc) is 2.88. The van der Waals surface area contributed by atoms with Crippen LogP contribution in [0.3, 0.4) is 0 Å². The van der Waals surface area contributed by atoms with E-state index in [1.165, 1.54) is 6.20 Å². The molecule has 100 valence electrons. The number of ether oxygens (including phenoxy) is 1. The van der Waals surface area contributed by atoms with Crippen molar-refractivity contribution in [3.05, 3.63) is 46.2 Å². The van der Waals surface area contributed by atoms with Crippen molar-refractivity contribution in [3.63, 3.8) is 0 Å². The van der Waals surface area contributed by atoms with Crippen molar-refractivity contribution in [1.82, 2.24) is 9.78 Å². The summed E-state index contributed by atoms with van der Waals surface area (Å²) in [5.41, 5.74) is 1.82. The van der Waals surface area contributed by atoms with E-state index in [0.717, 1.165) is 10.2 Å². The molecule has 1 N–H and O–H groups in total. The van der Waals surface area contributed by atoms with E-state index in [9.17, 15) is 9.90 Å². The van der Waals surface area contributed by atoms with E-state index in [-0.39, 0.29) is 6.61 Å². The molecular weight excluding hydrogens is 312 g/mol. The second-order valence-corrected chi connectivity index (χ2v) is 4.74. The molecule has 2 aromatic rings. The van der Waals surface area contributed by atoms with Crippen LogP contribution in [-0.2, 0) is 11.3 Å². The van der Waals surface area contributed by atoms with Crippen molar-refractivity contribution in [2.24, 2.45) is 0 Å². The number of hydrogen-bond donors (Lipinski definition) is 1. The predicted molar refractivity (Wildman–Crippen MR) is 73.1 cm³/mol. The third-order valence-corrected chi connectivity index (χ3v) is 3.05. The Bertz CT molecular complexity index is 595. The minimum atomic E-state index is -0.406. The van der Waals surface area contributed by atoms with Crippen LogP contribution in [0.15, 0.2) is 35.1 Å². The van der Waals surface area contributed by atoms with E-state index in [1.54, 1.807) is 23.9 Å². The number of esters is 1. The summed E-state index contributed by atoms with van der Waals surface area (Å²) >= 11 is 3.34. The van der Waals surface area contributed by atoms with Crippen LogP contribution in [0.1, 0.15) is 22.8 Å². The summed E-state index contributed by atoms with van der Waals surface area (Å²) in [7, 11) is 0. The molecule has 0 aliphatic heterocycles. The van der Waals surface area contributed by atoms with Gasteiger partial charge in [0, 0.05) is 16.2 Å². The fraction of sp³-hybridized carbons (Fsp3) is 0.231. The number of aliphatic hydroxyl groups is 1. The number of benzene rings is 1. The van der Waals surface area contributed by atoms with Gasteiger partial charge in [0.05, 0.1) is 30.7 Å². The molecule has 0 fully saturated rings. The molecule has 5 nitrogen and oxygen atoms in total. The number of rotatable bonds is 4. The first-order chi connectivity index (χ1) is 9.15. The van der Waals surface area contributed by atoms with Gasteiger partial charge in [-0.1, -0.05) is 15.9 Å². The monoisotopic (exact) mass is 324 g/mol. The molecule has 1 heterocycles. The summed E-state index contributed by atoms with van der Waals surface area (Å²) < 4.78 is 7.32. The zero-order chi connectivity index (χ0) is 13.8. The summed E-state index contributed by atoms with van der Waals surface area (Å²) in [4.78, 5) is 11.6. The van der Waals surface area contributed by atoms with Crippen LogP contribution in [-0.4, -0.2) is 27.5 Å². The van der Waals surface area contributed by atoms with Crippen molar-refractivity contribution < 1.29 is 14.6 Å². The number of nitrogens with zero attached hydrogens (tertiary/aromatic N) is 2. The van der Waals surface area contributed by atoms with E-state index in [2.05, 4.69) is 21.0 Å². The second kappa shape index (κ2) is 5.99. The normalized spacial score (nSPS) is 10.5. The Morgan fingerprint density at radius 3 is 3.00 bits per heavy atom. The average molecular weight is 325 g/mol. The topological polar surface area (TPSA) is 64.3 Å². The van der Waals surface area contributed by atoms with Crippen LogP contribution in [0.25, 0.3) is 5.69 Å². The zero-order valence-electron chi connectivity index (χ0n) is 10.3. The molecule has 0 unspecified atom stereocenters. The molecule has 1 aromatic heterocycles. The SMILES string of the molecule is CCOC(=O)c1cnn(-c2ccc(Br)cc2CO)c1. The highest BCUT2D eigenvalue weighted by Crippen LogP contribution is 2.20. The number of carbonyl (C=O) groups is 1. The predicted octanol–water partition coefficient (Wildman–Crippen LogP) is 2.30. The summed E-state index contributed by atoms with van der Waals surface area (Å²) in [5.74, 6) is -0.406. The summed E-state index contributed by atoms with van der Waals surface area (Å²) in [6.45, 7) is 1.97. The van der Waals surface area contributed by atoms with Gasteiger partial charge in [0.15, 0.2) is 0 Å². The highest BCUT2D eigenvalue weighted by atomic mass is 79.9. The molecule has 1 aromatic carbocycles. The van der Waals surface area contributed by atoms with Gasteiger partial charge in [-0.05, 0) is 25.1 Å². The number of carbonyl (C=O) groups excluding carboxylic acids is 1. The summed E-state index contributed by atoms with van der Waals surface area (Å²) in [6, 6.07) is 5.47. The van der Waals surface area contributed by atoms with Crippen molar-refractivity contribution in [1.29, 1.82) is 0 Å². The van der Waals surface area contributed by atoms with Crippen LogP contribution in [0.5, 0.6) is 0 Å². The lowest BCUT2D eigenvalue weighted by Crippen LogP contribution is -2.03. The third-order valence-electron chi connectivity index (χ3n) is 2.55. The quantitative estimate of drug-likeness (QED) is 0.876. The lowest BCUT2D eigenvalue weighted by Gasteiger charge is -2.07. The van der Waals surface area contributed by atoms with Gasteiger partial charge in [-0.2, -0.15) is 5.10 Å². The second-order valence-electron chi connectivity index (χ2n) is 3.83. The van der Waals surface area contributed by atoms with E-state index < -0.39 is 5.97 Å². The van der Waals surface area contributed by atoms with Gasteiger partial charge in [0.2, 0.25) is 0 Å². The standard InChI is InChI=1S/C13H13BrN2O3/c1-2-19-13(18)10-6-15-16(7-10)12-4-3-11(14)5-9(12)8-17/h3-7,17H,2,8H2,1H3. The third kappa shape index (κ3) is 3.02. The Hall–Kier alpha value is -1.66. The molecule has 19 heavy (non-hydrogen) atoms. The van der Waals surface area contributed by atoms with Gasteiger partial charge < -0.3 is 9.84 Å². The molecule has 0 aliphatic rings. The molecular formula is C13H13BrN2O3. The van der Waals surface area contributed by atoms with Crippen LogP contribution in [0.4, 0.5) is 0 Å². The molecule has 0 radical (unpaired) electrons. The maximum Gasteiger partial charge on any atom is 0.341 e. The number of aliphatic hydroxyl groups excluding tert-OH is 1. The molecule has 6 heteroatoms. The number of hydrogen-bond acceptors (Lipinski definition) is 4. The van der Waals surface area contributed by atoms with Gasteiger partial charge in [-0.15, -0.1) is 0 Å². The Labute approximate surface area is 118 Å². The Morgan fingerprint density at radius 2 is 2.32 bits per heavy atom. The minimum Gasteiger partial charge on any atom is -0.462 e. The fourth-order valence-electron chi connectivity index (χ4n) is 1.68. The largest absolute Gasteiger partial charge is 0.462 e. The molecule has 0 spiro atoms. The van der Waals surface area contributed by atoms with Crippen LogP contribution >= 0.6 is 15.9 Å². The summed E-state index contributed by atoms with van der Waals surface area (Å²) in [5, 5.41) is 13.5. The maximum absolute atomic E-state index is 11.6. The summed E-state index contributed by atoms with van der Waals surface area (Å²) in [6.07, 6.45) is 3.03. The highest BCUT2D eigenvalue weighted by molar-refractivity contribution is 9.10. The van der Waals surface area contributed by atoms with Gasteiger partial charge in [0.1, 0.15) is 0 Å². The lowest BCUT2D eigenvalue weighted by atomic mass is 10.2. The first-order valence-electron chi connectivity index (χ1n) is 5.77. The number of aromatic nitrogens is 2. The molecule has 0 aliphatic carbocycles. The van der Waals surface area contributed by atoms with Crippen molar-refractivity contribution >= 4 is 21.9 Å². The van der Waals surface area contributed by atoms with Crippen LogP contribution in [0, 0.1) is 0 Å². The maximum atomic E-state index is 11.6. The Morgan fingerprint density at radius 1 is 1.53 bits per heavy atom. The van der Waals surface area contributed by atoms with E-state index in [4.69, 9.17) is 4.74 Å². The van der Waals surface area contributed by atoms with E-state index >= 15 is 0 Å². The lowest BCUT2D eigenvalue weighted by molar-refractivity contribution is 0.0526. The van der Waals surface area contributed by atoms with Crippen LogP contribution in [0.2, 0.25) is 0 Å². The minimum absolute atomic E-state index is 0.108. The number of halogens is 1. The zero-order valence-corrected chi connectivity index (χ0v) is 11.9. The molecule has 0 amide bonds. The van der Waals surface area contributed by atoms with Gasteiger partial charge in [-0.3, -0.25) is 0 Å². The van der Waals surface area contributed by atoms with Crippen molar-refractivity contribution in [2.45, 2.75) is 13.5 Å². The Balaban J connectivity index is 2.35. The van der Waals surface area contributed by atoms with E-state index in [0.29, 0.717) is 17.7 Å². The smallest absolute Gasteiger partial charge is 0.341 e. The van der Waals surface area contributed by atoms with E-state index in [1.807, 2.05) is 12.1 Å².